The fourth-order valence-corrected chi connectivity index (χ4v) is 1.98. The average Bonchev–Trinajstić information content (AvgIpc) is 2.22. The highest BCUT2D eigenvalue weighted by Gasteiger charge is 2.27. The number of rotatable bonds is 5. The van der Waals surface area contributed by atoms with Crippen molar-refractivity contribution < 1.29 is 0 Å². The zero-order chi connectivity index (χ0) is 10.4. The fraction of sp³-hybridized carbons (Fsp3) is 0.833. The second-order valence-corrected chi connectivity index (χ2v) is 4.58. The summed E-state index contributed by atoms with van der Waals surface area (Å²) in [4.78, 5) is 2.57. The first-order valence-electron chi connectivity index (χ1n) is 5.72. The highest BCUT2D eigenvalue weighted by atomic mass is 15.1. The number of nitrogens with one attached hydrogen (secondary N) is 1. The van der Waals surface area contributed by atoms with Crippen LogP contribution < -0.4 is 5.32 Å². The molecule has 0 saturated carbocycles. The summed E-state index contributed by atoms with van der Waals surface area (Å²) in [6, 6.07) is 0. The molecule has 1 aliphatic rings. The van der Waals surface area contributed by atoms with Crippen molar-refractivity contribution >= 4 is 0 Å². The zero-order valence-corrected chi connectivity index (χ0v) is 9.68. The van der Waals surface area contributed by atoms with Gasteiger partial charge in [0.15, 0.2) is 0 Å². The van der Waals surface area contributed by atoms with Crippen LogP contribution in [0.4, 0.5) is 0 Å². The minimum Gasteiger partial charge on any atom is -0.314 e. The third kappa shape index (κ3) is 3.43. The van der Waals surface area contributed by atoms with Crippen molar-refractivity contribution in [3.63, 3.8) is 0 Å². The molecule has 2 nitrogen and oxygen atoms in total. The van der Waals surface area contributed by atoms with Gasteiger partial charge in [0.05, 0.1) is 0 Å². The quantitative estimate of drug-likeness (QED) is 0.534. The van der Waals surface area contributed by atoms with Crippen LogP contribution in [0.15, 0.2) is 12.7 Å². The lowest BCUT2D eigenvalue weighted by molar-refractivity contribution is 0.151. The van der Waals surface area contributed by atoms with Crippen molar-refractivity contribution in [3.8, 4) is 0 Å². The van der Waals surface area contributed by atoms with Gasteiger partial charge in [0, 0.05) is 5.54 Å². The first kappa shape index (κ1) is 11.7. The Bertz CT molecular complexity index is 169. The minimum atomic E-state index is 0.384. The van der Waals surface area contributed by atoms with Gasteiger partial charge >= 0.3 is 0 Å². The van der Waals surface area contributed by atoms with Crippen LogP contribution >= 0.6 is 0 Å². The van der Waals surface area contributed by atoms with Gasteiger partial charge in [-0.25, -0.2) is 0 Å². The Hall–Kier alpha value is -0.340. The number of unbranched alkanes of at least 4 members (excludes halogenated alkanes) is 1. The van der Waals surface area contributed by atoms with Crippen molar-refractivity contribution in [1.29, 1.82) is 0 Å². The predicted octanol–water partition coefficient (Wildman–Crippen LogP) is 2.03. The van der Waals surface area contributed by atoms with Gasteiger partial charge in [0.1, 0.15) is 0 Å². The summed E-state index contributed by atoms with van der Waals surface area (Å²) in [7, 11) is 2.08. The Morgan fingerprint density at radius 2 is 2.07 bits per heavy atom. The molecule has 0 amide bonds. The van der Waals surface area contributed by atoms with Crippen LogP contribution in [0.3, 0.4) is 0 Å². The molecule has 0 radical (unpaired) electrons. The van der Waals surface area contributed by atoms with Gasteiger partial charge in [-0.05, 0) is 59.3 Å². The molecule has 14 heavy (non-hydrogen) atoms. The Kier molecular flexibility index (Phi) is 4.63. The summed E-state index contributed by atoms with van der Waals surface area (Å²) in [5, 5.41) is 3.43. The summed E-state index contributed by atoms with van der Waals surface area (Å²) < 4.78 is 0. The van der Waals surface area contributed by atoms with E-state index in [9.17, 15) is 0 Å². The lowest BCUT2D eigenvalue weighted by atomic mass is 9.90. The SMILES string of the molecule is C=CCCCN1CCC(C)(NC)CC1. The van der Waals surface area contributed by atoms with Crippen LogP contribution in [0.25, 0.3) is 0 Å². The molecule has 0 atom stereocenters. The van der Waals surface area contributed by atoms with Crippen LogP contribution in [-0.2, 0) is 0 Å². The lowest BCUT2D eigenvalue weighted by Crippen LogP contribution is -2.50. The largest absolute Gasteiger partial charge is 0.314 e. The molecule has 1 rings (SSSR count). The van der Waals surface area contributed by atoms with Gasteiger partial charge in [0.25, 0.3) is 0 Å². The Morgan fingerprint density at radius 3 is 2.57 bits per heavy atom. The van der Waals surface area contributed by atoms with Crippen molar-refractivity contribution in [2.24, 2.45) is 0 Å². The smallest absolute Gasteiger partial charge is 0.0174 e. The second kappa shape index (κ2) is 5.52. The van der Waals surface area contributed by atoms with E-state index in [1.54, 1.807) is 0 Å². The van der Waals surface area contributed by atoms with Crippen LogP contribution in [0.5, 0.6) is 0 Å². The summed E-state index contributed by atoms with van der Waals surface area (Å²) in [6.07, 6.45) is 6.98. The zero-order valence-electron chi connectivity index (χ0n) is 9.68. The van der Waals surface area contributed by atoms with Gasteiger partial charge < -0.3 is 10.2 Å². The van der Waals surface area contributed by atoms with E-state index in [0.717, 1.165) is 6.42 Å². The number of piperidine rings is 1. The van der Waals surface area contributed by atoms with Crippen molar-refractivity contribution in [1.82, 2.24) is 10.2 Å². The maximum absolute atomic E-state index is 3.75. The van der Waals surface area contributed by atoms with Crippen molar-refractivity contribution in [2.45, 2.75) is 38.1 Å². The van der Waals surface area contributed by atoms with Gasteiger partial charge in [-0.2, -0.15) is 0 Å². The predicted molar refractivity (Wildman–Crippen MR) is 62.6 cm³/mol. The van der Waals surface area contributed by atoms with Crippen LogP contribution in [0.1, 0.15) is 32.6 Å². The molecule has 0 aromatic rings. The molecule has 1 aliphatic heterocycles. The maximum Gasteiger partial charge on any atom is 0.0174 e. The molecule has 0 bridgehead atoms. The normalized spacial score (nSPS) is 22.1. The molecule has 82 valence electrons. The number of likely N-dealkylation sites (tertiary alicyclic amines) is 1. The molecular weight excluding hydrogens is 172 g/mol. The highest BCUT2D eigenvalue weighted by Crippen LogP contribution is 2.21. The molecule has 0 aliphatic carbocycles. The van der Waals surface area contributed by atoms with Gasteiger partial charge in [-0.3, -0.25) is 0 Å². The van der Waals surface area contributed by atoms with E-state index >= 15 is 0 Å². The standard InChI is InChI=1S/C12H24N2/c1-4-5-6-9-14-10-7-12(2,13-3)8-11-14/h4,13H,1,5-11H2,2-3H3. The molecule has 0 aromatic carbocycles. The summed E-state index contributed by atoms with van der Waals surface area (Å²) in [6.45, 7) is 9.81. The van der Waals surface area contributed by atoms with E-state index in [-0.39, 0.29) is 0 Å². The monoisotopic (exact) mass is 196 g/mol. The van der Waals surface area contributed by atoms with Crippen molar-refractivity contribution in [2.75, 3.05) is 26.7 Å². The molecule has 1 saturated heterocycles. The fourth-order valence-electron chi connectivity index (χ4n) is 1.98. The number of hydrogen-bond acceptors (Lipinski definition) is 2. The van der Waals surface area contributed by atoms with E-state index in [2.05, 4.69) is 30.8 Å². The minimum absolute atomic E-state index is 0.384. The second-order valence-electron chi connectivity index (χ2n) is 4.58. The van der Waals surface area contributed by atoms with Gasteiger partial charge in [-0.15, -0.1) is 6.58 Å². The molecule has 1 fully saturated rings. The first-order valence-corrected chi connectivity index (χ1v) is 5.72. The summed E-state index contributed by atoms with van der Waals surface area (Å²) >= 11 is 0. The Balaban J connectivity index is 2.18. The molecule has 0 spiro atoms. The molecular formula is C12H24N2. The van der Waals surface area contributed by atoms with Crippen LogP contribution in [-0.4, -0.2) is 37.1 Å². The topological polar surface area (TPSA) is 15.3 Å². The lowest BCUT2D eigenvalue weighted by Gasteiger charge is -2.39. The average molecular weight is 196 g/mol. The van der Waals surface area contributed by atoms with E-state index < -0.39 is 0 Å². The maximum atomic E-state index is 3.75. The van der Waals surface area contributed by atoms with Crippen LogP contribution in [0.2, 0.25) is 0 Å². The van der Waals surface area contributed by atoms with Gasteiger partial charge in [-0.1, -0.05) is 6.08 Å². The summed E-state index contributed by atoms with van der Waals surface area (Å²) in [5.74, 6) is 0. The Morgan fingerprint density at radius 1 is 1.43 bits per heavy atom. The van der Waals surface area contributed by atoms with Crippen LogP contribution in [0, 0.1) is 0 Å². The summed E-state index contributed by atoms with van der Waals surface area (Å²) in [5.41, 5.74) is 0.384. The third-order valence-corrected chi connectivity index (χ3v) is 3.45. The molecule has 2 heteroatoms. The molecule has 1 heterocycles. The molecule has 1 N–H and O–H groups in total. The van der Waals surface area contributed by atoms with Gasteiger partial charge in [0.2, 0.25) is 0 Å². The number of nitrogens with zero attached hydrogens (tertiary/aromatic N) is 1. The van der Waals surface area contributed by atoms with E-state index in [0.29, 0.717) is 5.54 Å². The molecule has 0 unspecified atom stereocenters. The number of hydrogen-bond donors (Lipinski definition) is 1. The first-order chi connectivity index (χ1) is 6.70. The third-order valence-electron chi connectivity index (χ3n) is 3.45. The van der Waals surface area contributed by atoms with Crippen molar-refractivity contribution in [3.05, 3.63) is 12.7 Å². The molecule has 0 aromatic heterocycles. The number of allylic oxidation sites excluding steroid dienone is 1. The Labute approximate surface area is 88.4 Å². The van der Waals surface area contributed by atoms with E-state index in [1.807, 2.05) is 6.08 Å². The van der Waals surface area contributed by atoms with E-state index in [4.69, 9.17) is 0 Å². The highest BCUT2D eigenvalue weighted by molar-refractivity contribution is 4.88. The van der Waals surface area contributed by atoms with E-state index in [1.165, 1.54) is 38.9 Å².